The lowest BCUT2D eigenvalue weighted by Gasteiger charge is -2.21. The molecule has 2 rings (SSSR count). The Hall–Kier alpha value is -3.97. The average molecular weight is 643 g/mol. The molecule has 0 aliphatic carbocycles. The summed E-state index contributed by atoms with van der Waals surface area (Å²) in [5.74, 6) is 4.00. The standard InChI is InChI=1S/C16H19F3N2OS.C15H17F3N2O/c1-5-15(2,3)21-14(22)12-10-11(23-4)6-7-13(12)20-9-8-16(17,18)19;1-4-14(2,3)20-13(21)11-7-5-6-8-12(11)19-10-9-15(16,17)18/h1,6-7,10,20H,8-9H2,2-4H3,(H,21,22);1,5-8,19H,9-10H2,2-3H3,(H,20,21). The van der Waals surface area contributed by atoms with Crippen LogP contribution in [-0.2, 0) is 0 Å². The van der Waals surface area contributed by atoms with Crippen molar-refractivity contribution in [1.82, 2.24) is 10.6 Å². The number of carbonyl (C=O) groups excluding carboxylic acids is 2. The molecule has 6 nitrogen and oxygen atoms in total. The number of rotatable bonds is 11. The van der Waals surface area contributed by atoms with E-state index in [4.69, 9.17) is 12.8 Å². The van der Waals surface area contributed by atoms with Crippen LogP contribution in [0.5, 0.6) is 0 Å². The van der Waals surface area contributed by atoms with Crippen LogP contribution < -0.4 is 21.3 Å². The van der Waals surface area contributed by atoms with Gasteiger partial charge in [0.05, 0.1) is 35.0 Å². The van der Waals surface area contributed by atoms with E-state index in [0.29, 0.717) is 11.4 Å². The van der Waals surface area contributed by atoms with E-state index in [9.17, 15) is 35.9 Å². The fourth-order valence-corrected chi connectivity index (χ4v) is 3.72. The lowest BCUT2D eigenvalue weighted by Crippen LogP contribution is -2.42. The minimum Gasteiger partial charge on any atom is -0.384 e. The Labute approximate surface area is 258 Å². The highest BCUT2D eigenvalue weighted by atomic mass is 32.2. The highest BCUT2D eigenvalue weighted by Gasteiger charge is 2.28. The van der Waals surface area contributed by atoms with Gasteiger partial charge in [-0.3, -0.25) is 9.59 Å². The number of hydrogen-bond acceptors (Lipinski definition) is 5. The fraction of sp³-hybridized carbons (Fsp3) is 0.419. The van der Waals surface area contributed by atoms with Crippen molar-refractivity contribution in [1.29, 1.82) is 0 Å². The number of carbonyl (C=O) groups is 2. The number of nitrogens with one attached hydrogen (secondary N) is 4. The van der Waals surface area contributed by atoms with E-state index in [1.807, 2.05) is 6.26 Å². The maximum absolute atomic E-state index is 12.4. The van der Waals surface area contributed by atoms with Crippen molar-refractivity contribution in [2.24, 2.45) is 0 Å². The average Bonchev–Trinajstić information content (AvgIpc) is 2.92. The van der Waals surface area contributed by atoms with Gasteiger partial charge in [-0.15, -0.1) is 24.6 Å². The molecule has 0 atom stereocenters. The molecule has 240 valence electrons. The van der Waals surface area contributed by atoms with Gasteiger partial charge in [-0.25, -0.2) is 0 Å². The summed E-state index contributed by atoms with van der Waals surface area (Å²) in [5, 5.41) is 10.6. The topological polar surface area (TPSA) is 82.3 Å². The maximum Gasteiger partial charge on any atom is 0.390 e. The molecule has 0 aliphatic rings. The Balaban J connectivity index is 0.000000442. The summed E-state index contributed by atoms with van der Waals surface area (Å²) in [5.41, 5.74) is -0.485. The van der Waals surface area contributed by atoms with E-state index in [0.717, 1.165) is 4.90 Å². The lowest BCUT2D eigenvalue weighted by atomic mass is 10.1. The third-order valence-electron chi connectivity index (χ3n) is 5.66. The van der Waals surface area contributed by atoms with E-state index < -0.39 is 48.1 Å². The summed E-state index contributed by atoms with van der Waals surface area (Å²) in [6.07, 6.45) is 2.04. The number of alkyl halides is 6. The number of hydrogen-bond donors (Lipinski definition) is 4. The number of thioether (sulfide) groups is 1. The molecule has 2 amide bonds. The van der Waals surface area contributed by atoms with Gasteiger partial charge >= 0.3 is 12.4 Å². The molecule has 2 aromatic rings. The van der Waals surface area contributed by atoms with Crippen LogP contribution in [0.3, 0.4) is 0 Å². The monoisotopic (exact) mass is 642 g/mol. The lowest BCUT2D eigenvalue weighted by molar-refractivity contribution is -0.132. The second kappa shape index (κ2) is 16.2. The van der Waals surface area contributed by atoms with Gasteiger partial charge in [0.2, 0.25) is 0 Å². The smallest absolute Gasteiger partial charge is 0.384 e. The predicted octanol–water partition coefficient (Wildman–Crippen LogP) is 7.11. The quantitative estimate of drug-likeness (QED) is 0.119. The summed E-state index contributed by atoms with van der Waals surface area (Å²) in [6.45, 7) is 6.04. The zero-order valence-corrected chi connectivity index (χ0v) is 25.8. The first-order valence-corrected chi connectivity index (χ1v) is 14.4. The third-order valence-corrected chi connectivity index (χ3v) is 6.39. The molecule has 0 saturated heterocycles. The van der Waals surface area contributed by atoms with Gasteiger partial charge in [0.1, 0.15) is 0 Å². The van der Waals surface area contributed by atoms with Crippen LogP contribution in [0.2, 0.25) is 0 Å². The van der Waals surface area contributed by atoms with Gasteiger partial charge in [0.25, 0.3) is 11.8 Å². The summed E-state index contributed by atoms with van der Waals surface area (Å²) < 4.78 is 73.2. The van der Waals surface area contributed by atoms with Crippen LogP contribution in [0, 0.1) is 24.7 Å². The number of amides is 2. The maximum atomic E-state index is 12.4. The van der Waals surface area contributed by atoms with Crippen LogP contribution in [0.4, 0.5) is 37.7 Å². The number of anilines is 2. The molecule has 0 spiro atoms. The summed E-state index contributed by atoms with van der Waals surface area (Å²) >= 11 is 1.43. The van der Waals surface area contributed by atoms with Crippen molar-refractivity contribution in [2.75, 3.05) is 30.0 Å². The number of para-hydroxylation sites is 1. The second-order valence-electron chi connectivity index (χ2n) is 10.5. The van der Waals surface area contributed by atoms with Crippen LogP contribution in [0.1, 0.15) is 61.3 Å². The zero-order valence-electron chi connectivity index (χ0n) is 25.0. The van der Waals surface area contributed by atoms with E-state index in [1.165, 1.54) is 17.8 Å². The summed E-state index contributed by atoms with van der Waals surface area (Å²) in [7, 11) is 0. The van der Waals surface area contributed by atoms with Crippen molar-refractivity contribution in [3.63, 3.8) is 0 Å². The second-order valence-corrected chi connectivity index (χ2v) is 11.4. The van der Waals surface area contributed by atoms with E-state index in [2.05, 4.69) is 33.1 Å². The van der Waals surface area contributed by atoms with Crippen LogP contribution in [0.25, 0.3) is 0 Å². The SMILES string of the molecule is C#CC(C)(C)NC(=O)c1cc(SC)ccc1NCCC(F)(F)F.C#CC(C)(C)NC(=O)c1ccccc1NCCC(F)(F)F. The summed E-state index contributed by atoms with van der Waals surface area (Å²) in [6, 6.07) is 11.3. The molecule has 0 radical (unpaired) electrons. The van der Waals surface area contributed by atoms with Gasteiger partial charge in [-0.1, -0.05) is 24.0 Å². The number of benzene rings is 2. The van der Waals surface area contributed by atoms with Gasteiger partial charge in [0, 0.05) is 29.4 Å². The molecule has 44 heavy (non-hydrogen) atoms. The zero-order chi connectivity index (χ0) is 33.8. The molecule has 13 heteroatoms. The minimum absolute atomic E-state index is 0.253. The van der Waals surface area contributed by atoms with Crippen LogP contribution in [0.15, 0.2) is 47.4 Å². The van der Waals surface area contributed by atoms with Gasteiger partial charge in [0.15, 0.2) is 0 Å². The van der Waals surface area contributed by atoms with Crippen LogP contribution in [-0.4, -0.2) is 54.6 Å². The van der Waals surface area contributed by atoms with Crippen molar-refractivity contribution in [3.05, 3.63) is 53.6 Å². The van der Waals surface area contributed by atoms with E-state index >= 15 is 0 Å². The van der Waals surface area contributed by atoms with Crippen molar-refractivity contribution >= 4 is 35.0 Å². The molecular weight excluding hydrogens is 606 g/mol. The fourth-order valence-electron chi connectivity index (χ4n) is 3.28. The number of terminal acetylenes is 2. The molecule has 0 heterocycles. The van der Waals surface area contributed by atoms with Crippen molar-refractivity contribution < 1.29 is 35.9 Å². The Kier molecular flexibility index (Phi) is 14.0. The van der Waals surface area contributed by atoms with Gasteiger partial charge < -0.3 is 21.3 Å². The molecule has 2 aromatic carbocycles. The highest BCUT2D eigenvalue weighted by molar-refractivity contribution is 7.98. The van der Waals surface area contributed by atoms with Crippen molar-refractivity contribution in [3.8, 4) is 24.7 Å². The molecule has 0 saturated carbocycles. The normalized spacial score (nSPS) is 11.7. The molecular formula is C31H36F6N4O2S. The molecule has 4 N–H and O–H groups in total. The molecule has 0 aromatic heterocycles. The Bertz CT molecular complexity index is 1360. The third kappa shape index (κ3) is 14.5. The number of halogens is 6. The van der Waals surface area contributed by atoms with E-state index in [1.54, 1.807) is 64.1 Å². The highest BCUT2D eigenvalue weighted by Crippen LogP contribution is 2.26. The van der Waals surface area contributed by atoms with Gasteiger partial charge in [-0.05, 0) is 64.3 Å². The first-order valence-electron chi connectivity index (χ1n) is 13.2. The Morgan fingerprint density at radius 1 is 0.727 bits per heavy atom. The van der Waals surface area contributed by atoms with Crippen LogP contribution >= 0.6 is 11.8 Å². The molecule has 0 bridgehead atoms. The largest absolute Gasteiger partial charge is 0.390 e. The molecule has 0 aliphatic heterocycles. The molecule has 0 fully saturated rings. The molecule has 0 unspecified atom stereocenters. The van der Waals surface area contributed by atoms with E-state index in [-0.39, 0.29) is 24.2 Å². The van der Waals surface area contributed by atoms with Crippen molar-refractivity contribution in [2.45, 2.75) is 68.9 Å². The Morgan fingerprint density at radius 3 is 1.59 bits per heavy atom. The first-order chi connectivity index (χ1) is 20.2. The first kappa shape index (κ1) is 38.1. The minimum atomic E-state index is -4.25. The predicted molar refractivity (Wildman–Crippen MR) is 164 cm³/mol. The summed E-state index contributed by atoms with van der Waals surface area (Å²) in [4.78, 5) is 25.4. The Morgan fingerprint density at radius 2 is 1.16 bits per heavy atom. The van der Waals surface area contributed by atoms with Gasteiger partial charge in [-0.2, -0.15) is 26.3 Å².